The van der Waals surface area contributed by atoms with E-state index in [9.17, 15) is 4.79 Å². The first-order valence-corrected chi connectivity index (χ1v) is 5.86. The van der Waals surface area contributed by atoms with Crippen molar-refractivity contribution in [1.82, 2.24) is 0 Å². The molecule has 2 nitrogen and oxygen atoms in total. The van der Waals surface area contributed by atoms with Crippen molar-refractivity contribution in [3.05, 3.63) is 35.4 Å². The third kappa shape index (κ3) is 3.37. The summed E-state index contributed by atoms with van der Waals surface area (Å²) in [6.45, 7) is 6.33. The van der Waals surface area contributed by atoms with Crippen LogP contribution in [0.3, 0.4) is 0 Å². The largest absolute Gasteiger partial charge is 0.481 e. The fourth-order valence-corrected chi connectivity index (χ4v) is 1.77. The molecule has 0 aromatic heterocycles. The minimum absolute atomic E-state index is 0.0866. The van der Waals surface area contributed by atoms with Gasteiger partial charge in [-0.1, -0.05) is 45.0 Å². The first-order chi connectivity index (χ1) is 7.54. The van der Waals surface area contributed by atoms with Crippen molar-refractivity contribution < 1.29 is 9.90 Å². The van der Waals surface area contributed by atoms with Crippen LogP contribution in [-0.4, -0.2) is 11.1 Å². The van der Waals surface area contributed by atoms with Crippen molar-refractivity contribution in [1.29, 1.82) is 0 Å². The number of carbonyl (C=O) groups is 1. The number of rotatable bonds is 5. The Balaban J connectivity index is 2.74. The van der Waals surface area contributed by atoms with Gasteiger partial charge < -0.3 is 5.11 Å². The van der Waals surface area contributed by atoms with Crippen LogP contribution in [0.5, 0.6) is 0 Å². The summed E-state index contributed by atoms with van der Waals surface area (Å²) in [5, 5.41) is 8.73. The average molecular weight is 220 g/mol. The maximum Gasteiger partial charge on any atom is 0.303 e. The molecular weight excluding hydrogens is 200 g/mol. The van der Waals surface area contributed by atoms with E-state index < -0.39 is 5.97 Å². The monoisotopic (exact) mass is 220 g/mol. The fraction of sp³-hybridized carbons (Fsp3) is 0.500. The molecule has 0 fully saturated rings. The van der Waals surface area contributed by atoms with Crippen LogP contribution >= 0.6 is 0 Å². The average Bonchev–Trinajstić information content (AvgIpc) is 2.27. The Morgan fingerprint density at radius 3 is 1.94 bits per heavy atom. The third-order valence-electron chi connectivity index (χ3n) is 3.17. The number of benzene rings is 1. The van der Waals surface area contributed by atoms with Crippen molar-refractivity contribution in [2.75, 3.05) is 0 Å². The molecule has 1 aromatic carbocycles. The van der Waals surface area contributed by atoms with Gasteiger partial charge >= 0.3 is 5.97 Å². The Morgan fingerprint density at radius 1 is 1.12 bits per heavy atom. The summed E-state index contributed by atoms with van der Waals surface area (Å²) in [5.74, 6) is -0.0779. The van der Waals surface area contributed by atoms with E-state index in [-0.39, 0.29) is 12.3 Å². The zero-order valence-electron chi connectivity index (χ0n) is 10.2. The molecule has 0 aliphatic rings. The molecule has 0 amide bonds. The maximum atomic E-state index is 10.6. The maximum absolute atomic E-state index is 10.6. The molecule has 0 saturated heterocycles. The molecule has 2 atom stereocenters. The van der Waals surface area contributed by atoms with Crippen LogP contribution in [0.2, 0.25) is 0 Å². The highest BCUT2D eigenvalue weighted by Gasteiger charge is 2.10. The normalized spacial score (nSPS) is 14.4. The molecule has 0 aliphatic heterocycles. The summed E-state index contributed by atoms with van der Waals surface area (Å²) < 4.78 is 0. The summed E-state index contributed by atoms with van der Waals surface area (Å²) in [7, 11) is 0. The fourth-order valence-electron chi connectivity index (χ4n) is 1.77. The Kier molecular flexibility index (Phi) is 4.53. The van der Waals surface area contributed by atoms with Crippen LogP contribution in [0.25, 0.3) is 0 Å². The quantitative estimate of drug-likeness (QED) is 0.820. The number of aliphatic carboxylic acids is 1. The minimum atomic E-state index is -0.737. The molecule has 0 aliphatic carbocycles. The van der Waals surface area contributed by atoms with E-state index in [0.717, 1.165) is 12.0 Å². The van der Waals surface area contributed by atoms with Gasteiger partial charge in [-0.15, -0.1) is 0 Å². The Labute approximate surface area is 97.3 Å². The van der Waals surface area contributed by atoms with Gasteiger partial charge in [0.1, 0.15) is 0 Å². The summed E-state index contributed by atoms with van der Waals surface area (Å²) in [6.07, 6.45) is 1.33. The van der Waals surface area contributed by atoms with E-state index in [1.165, 1.54) is 5.56 Å². The SMILES string of the molecule is CCC(C)c1ccc(C(C)CC(=O)O)cc1. The van der Waals surface area contributed by atoms with E-state index in [1.54, 1.807) is 0 Å². The van der Waals surface area contributed by atoms with Crippen molar-refractivity contribution in [2.24, 2.45) is 0 Å². The van der Waals surface area contributed by atoms with Gasteiger partial charge in [0.05, 0.1) is 6.42 Å². The van der Waals surface area contributed by atoms with E-state index >= 15 is 0 Å². The van der Waals surface area contributed by atoms with Crippen LogP contribution in [0.15, 0.2) is 24.3 Å². The van der Waals surface area contributed by atoms with E-state index in [0.29, 0.717) is 5.92 Å². The Hall–Kier alpha value is -1.31. The first-order valence-electron chi connectivity index (χ1n) is 5.86. The molecule has 0 heterocycles. The van der Waals surface area contributed by atoms with Crippen molar-refractivity contribution in [3.8, 4) is 0 Å². The standard InChI is InChI=1S/C14H20O2/c1-4-10(2)12-5-7-13(8-6-12)11(3)9-14(15)16/h5-8,10-11H,4,9H2,1-3H3,(H,15,16). The molecule has 1 rings (SSSR count). The van der Waals surface area contributed by atoms with E-state index in [1.807, 2.05) is 6.92 Å². The molecular formula is C14H20O2. The van der Waals surface area contributed by atoms with Crippen LogP contribution in [0.1, 0.15) is 56.6 Å². The molecule has 1 aromatic rings. The van der Waals surface area contributed by atoms with Gasteiger partial charge in [-0.05, 0) is 29.4 Å². The van der Waals surface area contributed by atoms with Crippen molar-refractivity contribution in [2.45, 2.75) is 45.4 Å². The molecule has 0 saturated carbocycles. The topological polar surface area (TPSA) is 37.3 Å². The molecule has 2 unspecified atom stereocenters. The lowest BCUT2D eigenvalue weighted by Gasteiger charge is -2.12. The van der Waals surface area contributed by atoms with Gasteiger partial charge in [0.2, 0.25) is 0 Å². The summed E-state index contributed by atoms with van der Waals surface area (Å²) in [4.78, 5) is 10.6. The predicted octanol–water partition coefficient (Wildman–Crippen LogP) is 3.78. The van der Waals surface area contributed by atoms with Gasteiger partial charge in [-0.3, -0.25) is 4.79 Å². The zero-order valence-corrected chi connectivity index (χ0v) is 10.2. The molecule has 1 N–H and O–H groups in total. The highest BCUT2D eigenvalue weighted by Crippen LogP contribution is 2.23. The molecule has 2 heteroatoms. The molecule has 0 radical (unpaired) electrons. The van der Waals surface area contributed by atoms with E-state index in [2.05, 4.69) is 38.1 Å². The summed E-state index contributed by atoms with van der Waals surface area (Å²) in [5.41, 5.74) is 2.43. The number of hydrogen-bond acceptors (Lipinski definition) is 1. The number of carboxylic acids is 1. The summed E-state index contributed by atoms with van der Waals surface area (Å²) >= 11 is 0. The minimum Gasteiger partial charge on any atom is -0.481 e. The van der Waals surface area contributed by atoms with Gasteiger partial charge in [-0.2, -0.15) is 0 Å². The lowest BCUT2D eigenvalue weighted by Crippen LogP contribution is -2.03. The highest BCUT2D eigenvalue weighted by molar-refractivity contribution is 5.67. The van der Waals surface area contributed by atoms with Gasteiger partial charge in [-0.25, -0.2) is 0 Å². The highest BCUT2D eigenvalue weighted by atomic mass is 16.4. The van der Waals surface area contributed by atoms with Crippen LogP contribution in [0, 0.1) is 0 Å². The predicted molar refractivity (Wildman–Crippen MR) is 65.8 cm³/mol. The van der Waals surface area contributed by atoms with E-state index in [4.69, 9.17) is 5.11 Å². The Morgan fingerprint density at radius 2 is 1.56 bits per heavy atom. The van der Waals surface area contributed by atoms with Crippen molar-refractivity contribution >= 4 is 5.97 Å². The zero-order chi connectivity index (χ0) is 12.1. The van der Waals surface area contributed by atoms with Crippen LogP contribution in [0.4, 0.5) is 0 Å². The van der Waals surface area contributed by atoms with Crippen molar-refractivity contribution in [3.63, 3.8) is 0 Å². The van der Waals surface area contributed by atoms with Gasteiger partial charge in [0.15, 0.2) is 0 Å². The van der Waals surface area contributed by atoms with Crippen LogP contribution < -0.4 is 0 Å². The lowest BCUT2D eigenvalue weighted by molar-refractivity contribution is -0.137. The molecule has 88 valence electrons. The lowest BCUT2D eigenvalue weighted by atomic mass is 9.93. The smallest absolute Gasteiger partial charge is 0.303 e. The second-order valence-corrected chi connectivity index (χ2v) is 4.47. The second kappa shape index (κ2) is 5.69. The molecule has 0 bridgehead atoms. The second-order valence-electron chi connectivity index (χ2n) is 4.47. The third-order valence-corrected chi connectivity index (χ3v) is 3.17. The Bertz CT molecular complexity index is 340. The van der Waals surface area contributed by atoms with Crippen LogP contribution in [-0.2, 0) is 4.79 Å². The first kappa shape index (κ1) is 12.8. The molecule has 0 spiro atoms. The van der Waals surface area contributed by atoms with Gasteiger partial charge in [0, 0.05) is 0 Å². The molecule has 16 heavy (non-hydrogen) atoms. The number of hydrogen-bond donors (Lipinski definition) is 1. The summed E-state index contributed by atoms with van der Waals surface area (Å²) in [6, 6.07) is 8.33. The number of carboxylic acid groups (broad SMARTS) is 1. The van der Waals surface area contributed by atoms with Gasteiger partial charge in [0.25, 0.3) is 0 Å².